The van der Waals surface area contributed by atoms with E-state index in [0.29, 0.717) is 18.9 Å². The van der Waals surface area contributed by atoms with Gasteiger partial charge in [-0.1, -0.05) is 0 Å². The smallest absolute Gasteiger partial charge is 0.269 e. The number of nitrogens with one attached hydrogen (secondary N) is 1. The molecule has 1 amide bonds. The molecule has 3 heterocycles. The van der Waals surface area contributed by atoms with Crippen molar-refractivity contribution in [3.8, 4) is 11.3 Å². The van der Waals surface area contributed by atoms with Crippen LogP contribution in [0.1, 0.15) is 28.3 Å². The number of hydrogen-bond acceptors (Lipinski definition) is 5. The van der Waals surface area contributed by atoms with Crippen molar-refractivity contribution in [2.24, 2.45) is 14.1 Å². The number of hydrogen-bond donors (Lipinski definition) is 1. The first-order valence-electron chi connectivity index (χ1n) is 8.38. The summed E-state index contributed by atoms with van der Waals surface area (Å²) in [7, 11) is 5.33. The number of carbonyl (C=O) groups is 1. The normalized spacial score (nSPS) is 20.7. The van der Waals surface area contributed by atoms with Gasteiger partial charge in [0.1, 0.15) is 5.69 Å². The SMILES string of the molecule is CO[C@@H]1CCOC[C@H]1NC(=O)c1cc(-c2c(C)nn(C)c2C)nn1C. The Morgan fingerprint density at radius 1 is 1.32 bits per heavy atom. The van der Waals surface area contributed by atoms with Gasteiger partial charge in [-0.2, -0.15) is 10.2 Å². The summed E-state index contributed by atoms with van der Waals surface area (Å²) in [4.78, 5) is 12.7. The molecule has 0 radical (unpaired) electrons. The highest BCUT2D eigenvalue weighted by molar-refractivity contribution is 5.94. The van der Waals surface area contributed by atoms with E-state index in [4.69, 9.17) is 9.47 Å². The minimum absolute atomic E-state index is 0.0341. The fourth-order valence-electron chi connectivity index (χ4n) is 3.32. The zero-order valence-corrected chi connectivity index (χ0v) is 15.4. The zero-order chi connectivity index (χ0) is 18.1. The Morgan fingerprint density at radius 3 is 2.72 bits per heavy atom. The lowest BCUT2D eigenvalue weighted by Crippen LogP contribution is -2.50. The van der Waals surface area contributed by atoms with Crippen LogP contribution in [-0.4, -0.2) is 57.9 Å². The summed E-state index contributed by atoms with van der Waals surface area (Å²) in [6.07, 6.45) is 0.736. The molecule has 1 fully saturated rings. The van der Waals surface area contributed by atoms with E-state index in [1.165, 1.54) is 0 Å². The van der Waals surface area contributed by atoms with Crippen LogP contribution in [0.2, 0.25) is 0 Å². The number of ether oxygens (including phenoxy) is 2. The van der Waals surface area contributed by atoms with E-state index < -0.39 is 0 Å². The lowest BCUT2D eigenvalue weighted by atomic mass is 10.1. The number of nitrogens with zero attached hydrogens (tertiary/aromatic N) is 4. The zero-order valence-electron chi connectivity index (χ0n) is 15.4. The molecular weight excluding hydrogens is 322 g/mol. The van der Waals surface area contributed by atoms with Gasteiger partial charge in [-0.25, -0.2) is 0 Å². The molecule has 2 aromatic rings. The van der Waals surface area contributed by atoms with E-state index >= 15 is 0 Å². The molecule has 0 unspecified atom stereocenters. The molecule has 1 aliphatic heterocycles. The monoisotopic (exact) mass is 347 g/mol. The Bertz CT molecular complexity index is 780. The predicted octanol–water partition coefficient (Wildman–Crippen LogP) is 0.971. The number of methoxy groups -OCH3 is 1. The van der Waals surface area contributed by atoms with Gasteiger partial charge in [-0.15, -0.1) is 0 Å². The third-order valence-corrected chi connectivity index (χ3v) is 4.79. The molecule has 0 saturated carbocycles. The molecule has 136 valence electrons. The number of aromatic nitrogens is 4. The molecule has 0 aliphatic carbocycles. The van der Waals surface area contributed by atoms with Crippen LogP contribution in [-0.2, 0) is 23.6 Å². The van der Waals surface area contributed by atoms with Gasteiger partial charge >= 0.3 is 0 Å². The molecule has 25 heavy (non-hydrogen) atoms. The van der Waals surface area contributed by atoms with E-state index in [1.807, 2.05) is 25.6 Å². The predicted molar refractivity (Wildman–Crippen MR) is 92.4 cm³/mol. The molecule has 1 N–H and O–H groups in total. The van der Waals surface area contributed by atoms with Gasteiger partial charge in [-0.3, -0.25) is 14.2 Å². The average molecular weight is 347 g/mol. The number of rotatable bonds is 4. The van der Waals surface area contributed by atoms with Gasteiger partial charge in [0.2, 0.25) is 0 Å². The highest BCUT2D eigenvalue weighted by Gasteiger charge is 2.28. The van der Waals surface area contributed by atoms with Crippen molar-refractivity contribution >= 4 is 5.91 Å². The molecule has 0 bridgehead atoms. The summed E-state index contributed by atoms with van der Waals surface area (Å²) in [6.45, 7) is 5.04. The Balaban J connectivity index is 1.83. The fourth-order valence-corrected chi connectivity index (χ4v) is 3.32. The van der Waals surface area contributed by atoms with Crippen LogP contribution >= 0.6 is 0 Å². The molecular formula is C17H25N5O3. The minimum atomic E-state index is -0.182. The van der Waals surface area contributed by atoms with Gasteiger partial charge in [0.05, 0.1) is 30.1 Å². The topological polar surface area (TPSA) is 83.2 Å². The van der Waals surface area contributed by atoms with Crippen molar-refractivity contribution in [2.75, 3.05) is 20.3 Å². The van der Waals surface area contributed by atoms with Crippen molar-refractivity contribution in [2.45, 2.75) is 32.4 Å². The highest BCUT2D eigenvalue weighted by atomic mass is 16.5. The standard InChI is InChI=1S/C17H25N5O3/c1-10-16(11(2)21(3)19-10)12-8-14(22(4)20-12)17(23)18-13-9-25-7-6-15(13)24-5/h8,13,15H,6-7,9H2,1-5H3,(H,18,23)/t13-,15-/m1/s1. The Hall–Kier alpha value is -2.19. The first-order valence-corrected chi connectivity index (χ1v) is 8.38. The molecule has 1 aliphatic rings. The first kappa shape index (κ1) is 17.6. The van der Waals surface area contributed by atoms with Crippen molar-refractivity contribution in [3.63, 3.8) is 0 Å². The molecule has 0 spiro atoms. The van der Waals surface area contributed by atoms with Crippen LogP contribution in [0.25, 0.3) is 11.3 Å². The number of amides is 1. The maximum atomic E-state index is 12.7. The summed E-state index contributed by atoms with van der Waals surface area (Å²) in [5, 5.41) is 11.9. The second-order valence-corrected chi connectivity index (χ2v) is 6.43. The summed E-state index contributed by atoms with van der Waals surface area (Å²) in [5.41, 5.74) is 4.12. The van der Waals surface area contributed by atoms with Crippen molar-refractivity contribution in [1.29, 1.82) is 0 Å². The Morgan fingerprint density at radius 2 is 2.08 bits per heavy atom. The van der Waals surface area contributed by atoms with Gasteiger partial charge in [-0.05, 0) is 26.3 Å². The second-order valence-electron chi connectivity index (χ2n) is 6.43. The fraction of sp³-hybridized carbons (Fsp3) is 0.588. The largest absolute Gasteiger partial charge is 0.379 e. The van der Waals surface area contributed by atoms with Crippen LogP contribution in [0, 0.1) is 13.8 Å². The molecule has 8 nitrogen and oxygen atoms in total. The van der Waals surface area contributed by atoms with Gasteiger partial charge in [0.25, 0.3) is 5.91 Å². The van der Waals surface area contributed by atoms with Crippen LogP contribution in [0.15, 0.2) is 6.07 Å². The van der Waals surface area contributed by atoms with E-state index in [0.717, 1.165) is 29.1 Å². The molecule has 3 rings (SSSR count). The summed E-state index contributed by atoms with van der Waals surface area (Å²) in [6, 6.07) is 1.64. The van der Waals surface area contributed by atoms with Gasteiger partial charge in [0, 0.05) is 39.1 Å². The van der Waals surface area contributed by atoms with E-state index in [2.05, 4.69) is 15.5 Å². The Kier molecular flexibility index (Phi) is 4.91. The van der Waals surface area contributed by atoms with Gasteiger partial charge < -0.3 is 14.8 Å². The second kappa shape index (κ2) is 6.97. The first-order chi connectivity index (χ1) is 11.9. The lowest BCUT2D eigenvalue weighted by molar-refractivity contribution is -0.0350. The maximum absolute atomic E-state index is 12.7. The van der Waals surface area contributed by atoms with E-state index in [1.54, 1.807) is 24.9 Å². The Labute approximate surface area is 147 Å². The summed E-state index contributed by atoms with van der Waals surface area (Å²) < 4.78 is 14.3. The van der Waals surface area contributed by atoms with Crippen LogP contribution in [0.4, 0.5) is 0 Å². The van der Waals surface area contributed by atoms with E-state index in [-0.39, 0.29) is 18.1 Å². The van der Waals surface area contributed by atoms with E-state index in [9.17, 15) is 4.79 Å². The quantitative estimate of drug-likeness (QED) is 0.891. The van der Waals surface area contributed by atoms with Crippen molar-refractivity contribution < 1.29 is 14.3 Å². The number of aryl methyl sites for hydroxylation is 3. The molecule has 2 aromatic heterocycles. The number of carbonyl (C=O) groups excluding carboxylic acids is 1. The molecule has 2 atom stereocenters. The van der Waals surface area contributed by atoms with Crippen LogP contribution < -0.4 is 5.32 Å². The summed E-state index contributed by atoms with van der Waals surface area (Å²) in [5.74, 6) is -0.182. The molecule has 1 saturated heterocycles. The van der Waals surface area contributed by atoms with Crippen LogP contribution in [0.5, 0.6) is 0 Å². The lowest BCUT2D eigenvalue weighted by Gasteiger charge is -2.30. The van der Waals surface area contributed by atoms with Crippen LogP contribution in [0.3, 0.4) is 0 Å². The summed E-state index contributed by atoms with van der Waals surface area (Å²) >= 11 is 0. The average Bonchev–Trinajstić information content (AvgIpc) is 3.07. The maximum Gasteiger partial charge on any atom is 0.269 e. The highest BCUT2D eigenvalue weighted by Crippen LogP contribution is 2.26. The minimum Gasteiger partial charge on any atom is -0.379 e. The third-order valence-electron chi connectivity index (χ3n) is 4.79. The molecule has 0 aromatic carbocycles. The third kappa shape index (κ3) is 3.32. The molecule has 8 heteroatoms. The van der Waals surface area contributed by atoms with Crippen molar-refractivity contribution in [3.05, 3.63) is 23.1 Å². The van der Waals surface area contributed by atoms with Crippen molar-refractivity contribution in [1.82, 2.24) is 24.9 Å². The van der Waals surface area contributed by atoms with Gasteiger partial charge in [0.15, 0.2) is 0 Å².